The maximum absolute atomic E-state index is 13.7. The van der Waals surface area contributed by atoms with Gasteiger partial charge in [-0.15, -0.1) is 0 Å². The summed E-state index contributed by atoms with van der Waals surface area (Å²) in [4.78, 5) is 26.9. The highest BCUT2D eigenvalue weighted by Gasteiger charge is 2.44. The van der Waals surface area contributed by atoms with Gasteiger partial charge >= 0.3 is 11.9 Å². The van der Waals surface area contributed by atoms with E-state index < -0.39 is 24.0 Å². The molecule has 2 atom stereocenters. The molecule has 0 aliphatic carbocycles. The van der Waals surface area contributed by atoms with E-state index in [1.165, 1.54) is 0 Å². The summed E-state index contributed by atoms with van der Waals surface area (Å²) >= 11 is 0. The Kier molecular flexibility index (Phi) is 7.07. The quantitative estimate of drug-likeness (QED) is 0.556. The number of nitrogens with one attached hydrogen (secondary N) is 1. The molecule has 0 amide bonds. The van der Waals surface area contributed by atoms with Crippen molar-refractivity contribution in [2.75, 3.05) is 6.61 Å². The molecule has 2 aliphatic rings. The Morgan fingerprint density at radius 3 is 2.50 bits per heavy atom. The molecule has 0 spiro atoms. The van der Waals surface area contributed by atoms with E-state index >= 15 is 0 Å². The van der Waals surface area contributed by atoms with Crippen LogP contribution in [0.5, 0.6) is 0 Å². The van der Waals surface area contributed by atoms with Gasteiger partial charge in [-0.2, -0.15) is 0 Å². The van der Waals surface area contributed by atoms with Crippen LogP contribution in [0.15, 0.2) is 59.1 Å². The number of hydrogen-bond donors (Lipinski definition) is 2. The van der Waals surface area contributed by atoms with Crippen LogP contribution in [0, 0.1) is 27.7 Å². The maximum atomic E-state index is 13.7. The smallest absolute Gasteiger partial charge is 0.338 e. The van der Waals surface area contributed by atoms with Crippen LogP contribution >= 0.6 is 0 Å². The highest BCUT2D eigenvalue weighted by Crippen LogP contribution is 2.46. The molecule has 4 rings (SSSR count). The first kappa shape index (κ1) is 25.3. The molecule has 3 N–H and O–H groups in total. The van der Waals surface area contributed by atoms with Crippen LogP contribution in [-0.4, -0.2) is 18.5 Å². The summed E-state index contributed by atoms with van der Waals surface area (Å²) in [6.07, 6.45) is 3.91. The highest BCUT2D eigenvalue weighted by atomic mass is 16.5. The SMILES string of the molecule is C/C=C\c1c(C)cccc1C1C(C(=O)OCC)=C(N)NC2=C1C(=O)OC(c1c(C)cc(C)cc1C)C2. The number of cyclic esters (lactones) is 1. The number of benzene rings is 2. The first-order valence-electron chi connectivity index (χ1n) is 12.4. The Labute approximate surface area is 212 Å². The van der Waals surface area contributed by atoms with E-state index in [9.17, 15) is 9.59 Å². The third-order valence-corrected chi connectivity index (χ3v) is 6.89. The van der Waals surface area contributed by atoms with Gasteiger partial charge < -0.3 is 20.5 Å². The summed E-state index contributed by atoms with van der Waals surface area (Å²) in [5.41, 5.74) is 14.9. The zero-order valence-corrected chi connectivity index (χ0v) is 21.8. The number of esters is 2. The minimum absolute atomic E-state index is 0.197. The van der Waals surface area contributed by atoms with Gasteiger partial charge in [0.2, 0.25) is 0 Å². The lowest BCUT2D eigenvalue weighted by Gasteiger charge is -2.37. The molecule has 188 valence electrons. The molecule has 2 heterocycles. The van der Waals surface area contributed by atoms with E-state index in [1.807, 2.05) is 58.0 Å². The van der Waals surface area contributed by atoms with Crippen molar-refractivity contribution >= 4 is 18.0 Å². The van der Waals surface area contributed by atoms with Crippen LogP contribution in [0.2, 0.25) is 0 Å². The number of carbonyl (C=O) groups excluding carboxylic acids is 2. The zero-order valence-electron chi connectivity index (χ0n) is 21.8. The first-order valence-corrected chi connectivity index (χ1v) is 12.4. The van der Waals surface area contributed by atoms with E-state index in [1.54, 1.807) is 6.92 Å². The summed E-state index contributed by atoms with van der Waals surface area (Å²) in [6.45, 7) is 12.0. The lowest BCUT2D eigenvalue weighted by atomic mass is 9.76. The van der Waals surface area contributed by atoms with Crippen molar-refractivity contribution in [1.29, 1.82) is 0 Å². The molecule has 0 bridgehead atoms. The highest BCUT2D eigenvalue weighted by molar-refractivity contribution is 6.01. The second-order valence-corrected chi connectivity index (χ2v) is 9.49. The van der Waals surface area contributed by atoms with Crippen molar-refractivity contribution < 1.29 is 19.1 Å². The summed E-state index contributed by atoms with van der Waals surface area (Å²) in [7, 11) is 0. The zero-order chi connectivity index (χ0) is 26.1. The Bertz CT molecular complexity index is 1310. The van der Waals surface area contributed by atoms with Crippen molar-refractivity contribution in [3.63, 3.8) is 0 Å². The minimum Gasteiger partial charge on any atom is -0.463 e. The van der Waals surface area contributed by atoms with Crippen LogP contribution in [-0.2, 0) is 19.1 Å². The van der Waals surface area contributed by atoms with Crippen LogP contribution in [0.25, 0.3) is 6.08 Å². The molecular weight excluding hydrogens is 452 g/mol. The van der Waals surface area contributed by atoms with Crippen LogP contribution in [0.4, 0.5) is 0 Å². The van der Waals surface area contributed by atoms with E-state index in [2.05, 4.69) is 24.4 Å². The fourth-order valence-corrected chi connectivity index (χ4v) is 5.55. The van der Waals surface area contributed by atoms with Gasteiger partial charge in [-0.3, -0.25) is 0 Å². The van der Waals surface area contributed by atoms with Crippen molar-refractivity contribution in [2.24, 2.45) is 5.73 Å². The molecule has 2 unspecified atom stereocenters. The van der Waals surface area contributed by atoms with Crippen LogP contribution in [0.1, 0.15) is 71.2 Å². The lowest BCUT2D eigenvalue weighted by molar-refractivity contribution is -0.147. The standard InChI is InChI=1S/C30H34N2O4/c1-7-10-20-17(4)11-9-12-21(20)25-26-22(32-28(31)27(25)29(33)35-8-2)15-23(36-30(26)34)24-18(5)13-16(3)14-19(24)6/h7,9-14,23,25,32H,8,15,31H2,1-6H3/b10-7-. The number of allylic oxidation sites excluding steroid dienone is 1. The molecule has 0 fully saturated rings. The molecule has 2 aromatic carbocycles. The van der Waals surface area contributed by atoms with Gasteiger partial charge in [0, 0.05) is 12.1 Å². The Hall–Kier alpha value is -3.80. The van der Waals surface area contributed by atoms with Crippen molar-refractivity contribution in [3.05, 3.63) is 98.0 Å². The fourth-order valence-electron chi connectivity index (χ4n) is 5.55. The molecule has 6 heteroatoms. The summed E-state index contributed by atoms with van der Waals surface area (Å²) in [6, 6.07) is 10.1. The molecule has 36 heavy (non-hydrogen) atoms. The number of nitrogens with two attached hydrogens (primary N) is 1. The Morgan fingerprint density at radius 1 is 1.17 bits per heavy atom. The second kappa shape index (κ2) is 10.1. The lowest BCUT2D eigenvalue weighted by Crippen LogP contribution is -2.40. The Balaban J connectivity index is 1.90. The van der Waals surface area contributed by atoms with E-state index in [4.69, 9.17) is 15.2 Å². The van der Waals surface area contributed by atoms with Gasteiger partial charge in [-0.05, 0) is 74.9 Å². The average molecular weight is 487 g/mol. The molecule has 2 aromatic rings. The monoisotopic (exact) mass is 486 g/mol. The largest absolute Gasteiger partial charge is 0.463 e. The maximum Gasteiger partial charge on any atom is 0.338 e. The molecule has 0 aromatic heterocycles. The van der Waals surface area contributed by atoms with E-state index in [0.29, 0.717) is 17.7 Å². The molecule has 0 saturated carbocycles. The third-order valence-electron chi connectivity index (χ3n) is 6.89. The van der Waals surface area contributed by atoms with Crippen LogP contribution < -0.4 is 11.1 Å². The van der Waals surface area contributed by atoms with E-state index in [0.717, 1.165) is 38.9 Å². The number of hydrogen-bond acceptors (Lipinski definition) is 6. The van der Waals surface area contributed by atoms with Crippen molar-refractivity contribution in [2.45, 2.75) is 60.0 Å². The van der Waals surface area contributed by atoms with Crippen molar-refractivity contribution in [3.8, 4) is 0 Å². The fraction of sp³-hybridized carbons (Fsp3) is 0.333. The molecule has 2 aliphatic heterocycles. The first-order chi connectivity index (χ1) is 17.2. The van der Waals surface area contributed by atoms with Gasteiger partial charge in [-0.25, -0.2) is 9.59 Å². The van der Waals surface area contributed by atoms with Gasteiger partial charge in [0.25, 0.3) is 0 Å². The topological polar surface area (TPSA) is 90.6 Å². The summed E-state index contributed by atoms with van der Waals surface area (Å²) in [5.74, 6) is -1.51. The number of aryl methyl sites for hydroxylation is 4. The summed E-state index contributed by atoms with van der Waals surface area (Å²) in [5, 5.41) is 3.17. The summed E-state index contributed by atoms with van der Waals surface area (Å²) < 4.78 is 11.5. The van der Waals surface area contributed by atoms with Crippen molar-refractivity contribution in [1.82, 2.24) is 5.32 Å². The van der Waals surface area contributed by atoms with Gasteiger partial charge in [0.1, 0.15) is 11.9 Å². The number of carbonyl (C=O) groups is 2. The minimum atomic E-state index is -0.708. The van der Waals surface area contributed by atoms with Gasteiger partial charge in [0.05, 0.1) is 23.7 Å². The number of ether oxygens (including phenoxy) is 2. The second-order valence-electron chi connectivity index (χ2n) is 9.49. The van der Waals surface area contributed by atoms with Gasteiger partial charge in [0.15, 0.2) is 0 Å². The number of rotatable bonds is 5. The molecular formula is C30H34N2O4. The Morgan fingerprint density at radius 2 is 1.86 bits per heavy atom. The van der Waals surface area contributed by atoms with Gasteiger partial charge in [-0.1, -0.05) is 48.0 Å². The third kappa shape index (κ3) is 4.43. The normalized spacial score (nSPS) is 19.8. The number of dihydropyridines is 1. The molecule has 0 radical (unpaired) electrons. The predicted octanol–water partition coefficient (Wildman–Crippen LogP) is 5.32. The predicted molar refractivity (Wildman–Crippen MR) is 141 cm³/mol. The average Bonchev–Trinajstić information content (AvgIpc) is 2.79. The molecule has 0 saturated heterocycles. The van der Waals surface area contributed by atoms with Crippen LogP contribution in [0.3, 0.4) is 0 Å². The molecule has 6 nitrogen and oxygen atoms in total. The van der Waals surface area contributed by atoms with E-state index in [-0.39, 0.29) is 18.0 Å².